The average molecular weight is 359 g/mol. The van der Waals surface area contributed by atoms with E-state index in [1.807, 2.05) is 12.1 Å². The number of carbonyl (C=O) groups is 1. The highest BCUT2D eigenvalue weighted by Gasteiger charge is 2.55. The third kappa shape index (κ3) is 2.96. The van der Waals surface area contributed by atoms with Crippen molar-refractivity contribution in [3.8, 4) is 0 Å². The Hall–Kier alpha value is -1.42. The Bertz CT molecular complexity index is 662. The predicted octanol–water partition coefficient (Wildman–Crippen LogP) is 3.89. The number of benzene rings is 1. The van der Waals surface area contributed by atoms with Gasteiger partial charge in [0.2, 0.25) is 5.91 Å². The summed E-state index contributed by atoms with van der Waals surface area (Å²) in [5.74, 6) is 0.856. The largest absolute Gasteiger partial charge is 0.389 e. The van der Waals surface area contributed by atoms with Crippen molar-refractivity contribution in [1.82, 2.24) is 4.90 Å². The topological polar surface area (TPSA) is 40.5 Å². The molecule has 1 heterocycles. The zero-order chi connectivity index (χ0) is 18.5. The van der Waals surface area contributed by atoms with Gasteiger partial charge in [-0.25, -0.2) is 4.39 Å². The quantitative estimate of drug-likeness (QED) is 0.889. The first-order valence-corrected chi connectivity index (χ1v) is 10.0. The van der Waals surface area contributed by atoms with Gasteiger partial charge in [0, 0.05) is 24.9 Å². The van der Waals surface area contributed by atoms with E-state index in [0.717, 1.165) is 31.2 Å². The van der Waals surface area contributed by atoms with E-state index in [9.17, 15) is 14.3 Å². The highest BCUT2D eigenvalue weighted by Crippen LogP contribution is 2.60. The molecule has 2 aliphatic carbocycles. The number of carbonyl (C=O) groups excluding carboxylic acids is 1. The molecule has 1 aliphatic heterocycles. The van der Waals surface area contributed by atoms with Gasteiger partial charge in [-0.1, -0.05) is 32.4 Å². The number of halogens is 1. The lowest BCUT2D eigenvalue weighted by Gasteiger charge is -2.58. The van der Waals surface area contributed by atoms with E-state index in [1.165, 1.54) is 6.42 Å². The number of rotatable bonds is 3. The summed E-state index contributed by atoms with van der Waals surface area (Å²) in [6.45, 7) is 5.61. The Morgan fingerprint density at radius 3 is 2.27 bits per heavy atom. The number of β-amino-alcohol motifs (C(OH)–C–C–N with tert-alkyl or cyclic N) is 1. The molecule has 1 amide bonds. The molecule has 1 N–H and O–H groups in total. The monoisotopic (exact) mass is 359 g/mol. The standard InChI is InChI=1S/C22H30FNO2/c1-21(2)10-16-4-3-5-17(11-21)22(16,15-6-8-18(23)9-7-15)12-20(26)24-13-19(25)14-24/h6-9,16-17,19,25H,3-5,10-14H2,1-2H3. The van der Waals surface area contributed by atoms with Gasteiger partial charge in [-0.15, -0.1) is 0 Å². The molecule has 1 aromatic carbocycles. The Morgan fingerprint density at radius 1 is 1.15 bits per heavy atom. The molecule has 1 aromatic rings. The van der Waals surface area contributed by atoms with Gasteiger partial charge in [0.1, 0.15) is 5.82 Å². The fourth-order valence-corrected chi connectivity index (χ4v) is 6.09. The van der Waals surface area contributed by atoms with E-state index in [2.05, 4.69) is 13.8 Å². The molecule has 0 aromatic heterocycles. The lowest BCUT2D eigenvalue weighted by atomic mass is 9.46. The highest BCUT2D eigenvalue weighted by molar-refractivity contribution is 5.79. The number of fused-ring (bicyclic) bond motifs is 2. The fraction of sp³-hybridized carbons (Fsp3) is 0.682. The second-order valence-corrected chi connectivity index (χ2v) is 9.57. The number of amides is 1. The molecule has 4 heteroatoms. The molecule has 2 unspecified atom stereocenters. The van der Waals surface area contributed by atoms with Gasteiger partial charge in [-0.05, 0) is 60.6 Å². The van der Waals surface area contributed by atoms with Crippen LogP contribution in [0.3, 0.4) is 0 Å². The van der Waals surface area contributed by atoms with Crippen molar-refractivity contribution in [3.63, 3.8) is 0 Å². The second-order valence-electron chi connectivity index (χ2n) is 9.57. The lowest BCUT2D eigenvalue weighted by Crippen LogP contribution is -2.58. The maximum absolute atomic E-state index is 13.6. The molecule has 0 spiro atoms. The molecule has 142 valence electrons. The second kappa shape index (κ2) is 6.33. The van der Waals surface area contributed by atoms with Crippen LogP contribution in [0.1, 0.15) is 57.9 Å². The van der Waals surface area contributed by atoms with E-state index < -0.39 is 0 Å². The zero-order valence-corrected chi connectivity index (χ0v) is 15.9. The third-order valence-corrected chi connectivity index (χ3v) is 7.20. The van der Waals surface area contributed by atoms with E-state index in [1.54, 1.807) is 17.0 Å². The summed E-state index contributed by atoms with van der Waals surface area (Å²) in [5, 5.41) is 9.58. The number of aliphatic hydroxyl groups excluding tert-OH is 1. The normalized spacial score (nSPS) is 33.6. The van der Waals surface area contributed by atoms with E-state index >= 15 is 0 Å². The van der Waals surface area contributed by atoms with Crippen molar-refractivity contribution >= 4 is 5.91 Å². The Labute approximate surface area is 155 Å². The summed E-state index contributed by atoms with van der Waals surface area (Å²) in [5.41, 5.74) is 1.26. The molecule has 2 atom stereocenters. The van der Waals surface area contributed by atoms with Crippen molar-refractivity contribution in [3.05, 3.63) is 35.6 Å². The molecule has 3 aliphatic rings. The minimum absolute atomic E-state index is 0.149. The third-order valence-electron chi connectivity index (χ3n) is 7.20. The van der Waals surface area contributed by atoms with E-state index in [-0.39, 0.29) is 23.2 Å². The van der Waals surface area contributed by atoms with Gasteiger partial charge < -0.3 is 10.0 Å². The molecule has 4 rings (SSSR count). The minimum atomic E-state index is -0.370. The zero-order valence-electron chi connectivity index (χ0n) is 15.9. The van der Waals surface area contributed by atoms with Crippen LogP contribution in [-0.4, -0.2) is 35.1 Å². The number of hydrogen-bond acceptors (Lipinski definition) is 2. The molecule has 3 nitrogen and oxygen atoms in total. The van der Waals surface area contributed by atoms with Gasteiger partial charge in [0.25, 0.3) is 0 Å². The molecule has 1 saturated heterocycles. The van der Waals surface area contributed by atoms with Crippen molar-refractivity contribution in [1.29, 1.82) is 0 Å². The minimum Gasteiger partial charge on any atom is -0.389 e. The van der Waals surface area contributed by atoms with Crippen LogP contribution in [-0.2, 0) is 10.2 Å². The molecule has 0 radical (unpaired) electrons. The average Bonchev–Trinajstić information content (AvgIpc) is 2.53. The number of likely N-dealkylation sites (tertiary alicyclic amines) is 1. The first kappa shape index (κ1) is 18.0. The van der Waals surface area contributed by atoms with Crippen LogP contribution in [0, 0.1) is 23.1 Å². The SMILES string of the molecule is CC1(C)CC2CCCC(C1)C2(CC(=O)N1CC(O)C1)c1ccc(F)cc1. The molecular formula is C22H30FNO2. The van der Waals surface area contributed by atoms with Crippen LogP contribution in [0.15, 0.2) is 24.3 Å². The maximum atomic E-state index is 13.6. The van der Waals surface area contributed by atoms with Gasteiger partial charge in [0.15, 0.2) is 0 Å². The van der Waals surface area contributed by atoms with Crippen molar-refractivity contribution in [2.45, 2.75) is 63.9 Å². The Morgan fingerprint density at radius 2 is 1.73 bits per heavy atom. The highest BCUT2D eigenvalue weighted by atomic mass is 19.1. The molecule has 26 heavy (non-hydrogen) atoms. The summed E-state index contributed by atoms with van der Waals surface area (Å²) in [6.07, 6.45) is 5.89. The van der Waals surface area contributed by atoms with Gasteiger partial charge in [0.05, 0.1) is 6.10 Å². The number of hydrogen-bond donors (Lipinski definition) is 1. The van der Waals surface area contributed by atoms with Crippen molar-refractivity contribution in [2.75, 3.05) is 13.1 Å². The summed E-state index contributed by atoms with van der Waals surface area (Å²) in [4.78, 5) is 14.8. The van der Waals surface area contributed by atoms with Crippen LogP contribution < -0.4 is 0 Å². The van der Waals surface area contributed by atoms with Crippen LogP contribution >= 0.6 is 0 Å². The van der Waals surface area contributed by atoms with Crippen LogP contribution in [0.5, 0.6) is 0 Å². The van der Waals surface area contributed by atoms with Crippen LogP contribution in [0.25, 0.3) is 0 Å². The van der Waals surface area contributed by atoms with Gasteiger partial charge in [-0.3, -0.25) is 4.79 Å². The first-order chi connectivity index (χ1) is 12.3. The van der Waals surface area contributed by atoms with Crippen molar-refractivity contribution < 1.29 is 14.3 Å². The number of aliphatic hydroxyl groups is 1. The maximum Gasteiger partial charge on any atom is 0.223 e. The fourth-order valence-electron chi connectivity index (χ4n) is 6.09. The Balaban J connectivity index is 1.72. The van der Waals surface area contributed by atoms with Crippen LogP contribution in [0.2, 0.25) is 0 Å². The van der Waals surface area contributed by atoms with E-state index in [4.69, 9.17) is 0 Å². The van der Waals surface area contributed by atoms with Crippen molar-refractivity contribution in [2.24, 2.45) is 17.3 Å². The van der Waals surface area contributed by atoms with Gasteiger partial charge >= 0.3 is 0 Å². The summed E-state index contributed by atoms with van der Waals surface area (Å²) in [7, 11) is 0. The molecule has 3 fully saturated rings. The molecule has 2 bridgehead atoms. The number of nitrogens with zero attached hydrogens (tertiary/aromatic N) is 1. The predicted molar refractivity (Wildman–Crippen MR) is 99.1 cm³/mol. The summed E-state index contributed by atoms with van der Waals surface area (Å²) >= 11 is 0. The van der Waals surface area contributed by atoms with Gasteiger partial charge in [-0.2, -0.15) is 0 Å². The van der Waals surface area contributed by atoms with E-state index in [0.29, 0.717) is 36.8 Å². The molecular weight excluding hydrogens is 329 g/mol. The Kier molecular flexibility index (Phi) is 4.37. The summed E-state index contributed by atoms with van der Waals surface area (Å²) < 4.78 is 13.6. The summed E-state index contributed by atoms with van der Waals surface area (Å²) in [6, 6.07) is 6.92. The van der Waals surface area contributed by atoms with Crippen LogP contribution in [0.4, 0.5) is 4.39 Å². The lowest BCUT2D eigenvalue weighted by molar-refractivity contribution is -0.146. The first-order valence-electron chi connectivity index (χ1n) is 10.0. The molecule has 2 saturated carbocycles. The smallest absolute Gasteiger partial charge is 0.223 e.